The zero-order valence-corrected chi connectivity index (χ0v) is 25.1. The second-order valence-electron chi connectivity index (χ2n) is 10.5. The topological polar surface area (TPSA) is 197 Å². The number of nitrogens with one attached hydrogen (secondary N) is 1. The number of benzene rings is 1. The van der Waals surface area contributed by atoms with Crippen LogP contribution in [0.2, 0.25) is 0 Å². The van der Waals surface area contributed by atoms with E-state index in [0.29, 0.717) is 25.0 Å². The molecule has 0 radical (unpaired) electrons. The highest BCUT2D eigenvalue weighted by molar-refractivity contribution is 8.00. The van der Waals surface area contributed by atoms with Gasteiger partial charge in [0.2, 0.25) is 11.8 Å². The first-order chi connectivity index (χ1) is 20.0. The lowest BCUT2D eigenvalue weighted by Crippen LogP contribution is -2.53. The van der Waals surface area contributed by atoms with Gasteiger partial charge in [-0.3, -0.25) is 19.2 Å². The second kappa shape index (κ2) is 17.6. The number of unbranched alkanes of at least 4 members (excludes halogenated alkanes) is 2. The number of thioether (sulfide) groups is 1. The summed E-state index contributed by atoms with van der Waals surface area (Å²) in [6, 6.07) is 1.40. The third-order valence-corrected chi connectivity index (χ3v) is 8.60. The van der Waals surface area contributed by atoms with E-state index < -0.39 is 48.3 Å². The zero-order chi connectivity index (χ0) is 31.2. The average molecular weight is 610 g/mol. The minimum atomic E-state index is -1.44. The van der Waals surface area contributed by atoms with E-state index in [1.165, 1.54) is 29.8 Å². The maximum Gasteiger partial charge on any atom is 0.326 e. The molecule has 0 saturated carbocycles. The maximum atomic E-state index is 13.4. The van der Waals surface area contributed by atoms with Crippen LogP contribution in [0.15, 0.2) is 18.2 Å². The van der Waals surface area contributed by atoms with Crippen LogP contribution in [0.25, 0.3) is 0 Å². The predicted molar refractivity (Wildman–Crippen MR) is 158 cm³/mol. The Morgan fingerprint density at radius 3 is 2.55 bits per heavy atom. The molecule has 4 atom stereocenters. The Bertz CT molecular complexity index is 1100. The molecule has 1 aromatic rings. The lowest BCUT2D eigenvalue weighted by Gasteiger charge is -2.28. The number of methoxy groups -OCH3 is 1. The molecule has 2 amide bonds. The number of nitrogens with two attached hydrogens (primary N) is 1. The first-order valence-corrected chi connectivity index (χ1v) is 15.3. The van der Waals surface area contributed by atoms with E-state index in [9.17, 15) is 34.2 Å². The number of nitrogens with zero attached hydrogens (tertiary/aromatic N) is 1. The molecular formula is C29H43N3O9S. The van der Waals surface area contributed by atoms with Crippen molar-refractivity contribution in [3.8, 4) is 11.5 Å². The molecule has 1 aliphatic rings. The molecule has 1 heterocycles. The lowest BCUT2D eigenvalue weighted by atomic mass is 10.0. The Morgan fingerprint density at radius 2 is 1.90 bits per heavy atom. The zero-order valence-electron chi connectivity index (χ0n) is 24.3. The van der Waals surface area contributed by atoms with E-state index in [2.05, 4.69) is 12.2 Å². The van der Waals surface area contributed by atoms with Gasteiger partial charge in [0, 0.05) is 30.4 Å². The smallest absolute Gasteiger partial charge is 0.326 e. The number of phenols is 1. The van der Waals surface area contributed by atoms with Crippen molar-refractivity contribution >= 4 is 41.3 Å². The molecular weight excluding hydrogens is 566 g/mol. The minimum absolute atomic E-state index is 0.0182. The largest absolute Gasteiger partial charge is 0.504 e. The minimum Gasteiger partial charge on any atom is -0.504 e. The molecule has 234 valence electrons. The van der Waals surface area contributed by atoms with Crippen molar-refractivity contribution < 1.29 is 44.0 Å². The number of aromatic hydroxyl groups is 1. The molecule has 1 aliphatic heterocycles. The lowest BCUT2D eigenvalue weighted by molar-refractivity contribution is -0.149. The fourth-order valence-corrected chi connectivity index (χ4v) is 6.15. The number of ether oxygens (including phenoxy) is 1. The molecule has 1 saturated heterocycles. The molecule has 0 spiro atoms. The van der Waals surface area contributed by atoms with Gasteiger partial charge in [-0.05, 0) is 43.4 Å². The van der Waals surface area contributed by atoms with Gasteiger partial charge in [0.1, 0.15) is 23.9 Å². The van der Waals surface area contributed by atoms with Gasteiger partial charge in [0.15, 0.2) is 11.5 Å². The molecule has 6 N–H and O–H groups in total. The number of rotatable bonds is 19. The Hall–Kier alpha value is -3.32. The Labute approximate surface area is 250 Å². The van der Waals surface area contributed by atoms with Crippen molar-refractivity contribution in [2.75, 3.05) is 19.4 Å². The first kappa shape index (κ1) is 34.9. The Morgan fingerprint density at radius 1 is 1.17 bits per heavy atom. The fraction of sp³-hybridized carbons (Fsp3) is 0.621. The highest BCUT2D eigenvalue weighted by Gasteiger charge is 2.38. The first-order valence-electron chi connectivity index (χ1n) is 14.3. The van der Waals surface area contributed by atoms with Crippen molar-refractivity contribution in [3.05, 3.63) is 23.8 Å². The number of aliphatic carboxylic acids is 2. The number of ketones is 1. The van der Waals surface area contributed by atoms with Crippen LogP contribution in [-0.2, 0) is 30.4 Å². The van der Waals surface area contributed by atoms with E-state index in [1.807, 2.05) is 0 Å². The van der Waals surface area contributed by atoms with Crippen LogP contribution in [0.5, 0.6) is 11.5 Å². The molecule has 4 unspecified atom stereocenters. The Balaban J connectivity index is 2.11. The molecule has 2 rings (SSSR count). The quantitative estimate of drug-likeness (QED) is 0.144. The molecule has 1 fully saturated rings. The van der Waals surface area contributed by atoms with Crippen LogP contribution < -0.4 is 15.8 Å². The number of likely N-dealkylation sites (tertiary alicyclic amines) is 1. The van der Waals surface area contributed by atoms with Crippen LogP contribution >= 0.6 is 11.8 Å². The van der Waals surface area contributed by atoms with Gasteiger partial charge < -0.3 is 36.0 Å². The molecule has 0 bridgehead atoms. The molecule has 42 heavy (non-hydrogen) atoms. The van der Waals surface area contributed by atoms with Crippen molar-refractivity contribution in [2.24, 2.45) is 5.73 Å². The molecule has 1 aromatic carbocycles. The van der Waals surface area contributed by atoms with Gasteiger partial charge >= 0.3 is 11.9 Å². The van der Waals surface area contributed by atoms with Crippen LogP contribution in [0.4, 0.5) is 0 Å². The maximum absolute atomic E-state index is 13.4. The third-order valence-electron chi connectivity index (χ3n) is 7.20. The van der Waals surface area contributed by atoms with Crippen LogP contribution in [-0.4, -0.2) is 92.5 Å². The highest BCUT2D eigenvalue weighted by Crippen LogP contribution is 2.28. The predicted octanol–water partition coefficient (Wildman–Crippen LogP) is 2.34. The van der Waals surface area contributed by atoms with Gasteiger partial charge in [0.25, 0.3) is 0 Å². The number of Topliss-reactive ketones (excluding diaryl/α,β-unsaturated/α-hetero) is 1. The van der Waals surface area contributed by atoms with Gasteiger partial charge in [-0.2, -0.15) is 11.8 Å². The van der Waals surface area contributed by atoms with Crippen molar-refractivity contribution in [3.63, 3.8) is 0 Å². The number of amides is 2. The summed E-state index contributed by atoms with van der Waals surface area (Å²) in [5, 5.41) is 30.9. The summed E-state index contributed by atoms with van der Waals surface area (Å²) < 4.78 is 5.13. The molecule has 12 nitrogen and oxygen atoms in total. The Kier molecular flexibility index (Phi) is 14.6. The van der Waals surface area contributed by atoms with Crippen molar-refractivity contribution in [1.82, 2.24) is 10.2 Å². The number of carboxylic acids is 2. The number of phenolic OH excluding ortho intramolecular Hbond substituents is 1. The van der Waals surface area contributed by atoms with E-state index >= 15 is 0 Å². The normalized spacial score (nSPS) is 16.8. The standard InChI is InChI=1S/C29H43N3O9S/c1-3-4-5-7-20(15-19(33)11-9-18-10-12-24(34)25(14-18)41-2)42-17-22(31-26(35)16-21(30)28(37)38)27(36)32-13-6-8-23(32)29(39)40/h10,12,14,20-23,34H,3-9,11,13,15-17,30H2,1-2H3,(H,31,35)(H,37,38)(H,39,40). The number of carbonyl (C=O) groups is 5. The van der Waals surface area contributed by atoms with E-state index in [1.54, 1.807) is 12.1 Å². The van der Waals surface area contributed by atoms with Crippen LogP contribution in [0.3, 0.4) is 0 Å². The summed E-state index contributed by atoms with van der Waals surface area (Å²) in [6.45, 7) is 2.31. The van der Waals surface area contributed by atoms with Crippen molar-refractivity contribution in [2.45, 2.75) is 94.5 Å². The monoisotopic (exact) mass is 609 g/mol. The van der Waals surface area contributed by atoms with Crippen LogP contribution in [0.1, 0.15) is 70.3 Å². The van der Waals surface area contributed by atoms with Gasteiger partial charge in [-0.15, -0.1) is 0 Å². The summed E-state index contributed by atoms with van der Waals surface area (Å²) >= 11 is 1.37. The third kappa shape index (κ3) is 11.2. The van der Waals surface area contributed by atoms with Gasteiger partial charge in [0.05, 0.1) is 13.5 Å². The number of aryl methyl sites for hydroxylation is 1. The summed E-state index contributed by atoms with van der Waals surface area (Å²) in [5.41, 5.74) is 6.34. The molecule has 0 aromatic heterocycles. The average Bonchev–Trinajstić information content (AvgIpc) is 3.44. The van der Waals surface area contributed by atoms with E-state index in [4.69, 9.17) is 15.6 Å². The number of hydrogen-bond donors (Lipinski definition) is 5. The van der Waals surface area contributed by atoms with Crippen molar-refractivity contribution in [1.29, 1.82) is 0 Å². The van der Waals surface area contributed by atoms with Gasteiger partial charge in [-0.1, -0.05) is 32.3 Å². The van der Waals surface area contributed by atoms with E-state index in [0.717, 1.165) is 31.2 Å². The molecule has 0 aliphatic carbocycles. The van der Waals surface area contributed by atoms with E-state index in [-0.39, 0.29) is 41.9 Å². The highest BCUT2D eigenvalue weighted by atomic mass is 32.2. The second-order valence-corrected chi connectivity index (χ2v) is 11.8. The number of carbonyl (C=O) groups excluding carboxylic acids is 3. The van der Waals surface area contributed by atoms with Gasteiger partial charge in [-0.25, -0.2) is 4.79 Å². The SMILES string of the molecule is CCCCCC(CC(=O)CCc1ccc(O)c(OC)c1)SCC(NC(=O)CC(N)C(=O)O)C(=O)N1CCCC1C(=O)O. The number of hydrogen-bond acceptors (Lipinski definition) is 9. The molecule has 13 heteroatoms. The number of carboxylic acid groups (broad SMARTS) is 2. The summed E-state index contributed by atoms with van der Waals surface area (Å²) in [7, 11) is 1.45. The fourth-order valence-electron chi connectivity index (χ4n) is 4.82. The summed E-state index contributed by atoms with van der Waals surface area (Å²) in [5.74, 6) is -3.28. The summed E-state index contributed by atoms with van der Waals surface area (Å²) in [4.78, 5) is 63.1. The van der Waals surface area contributed by atoms with Crippen LogP contribution in [0, 0.1) is 0 Å². The summed E-state index contributed by atoms with van der Waals surface area (Å²) in [6.07, 6.45) is 4.84.